The molecule has 1 saturated heterocycles. The molecule has 0 radical (unpaired) electrons. The molecule has 0 aliphatic carbocycles. The number of aromatic nitrogens is 3. The predicted molar refractivity (Wildman–Crippen MR) is 102 cm³/mol. The van der Waals surface area contributed by atoms with Gasteiger partial charge in [0.1, 0.15) is 0 Å². The second-order valence-corrected chi connectivity index (χ2v) is 9.24. The highest BCUT2D eigenvalue weighted by atomic mass is 32.2. The van der Waals surface area contributed by atoms with E-state index in [1.54, 1.807) is 17.7 Å². The van der Waals surface area contributed by atoms with Crippen LogP contribution in [0, 0.1) is 13.8 Å². The van der Waals surface area contributed by atoms with E-state index in [1.807, 2.05) is 31.2 Å². The first-order valence-corrected chi connectivity index (χ1v) is 10.5. The van der Waals surface area contributed by atoms with Crippen LogP contribution < -0.4 is 0 Å². The van der Waals surface area contributed by atoms with Crippen LogP contribution in [-0.2, 0) is 9.84 Å². The third kappa shape index (κ3) is 3.10. The third-order valence-electron chi connectivity index (χ3n) is 4.97. The average Bonchev–Trinajstić information content (AvgIpc) is 3.14. The Bertz CT molecular complexity index is 1160. The van der Waals surface area contributed by atoms with Gasteiger partial charge in [-0.15, -0.1) is 0 Å². The lowest BCUT2D eigenvalue weighted by atomic mass is 10.0. The maximum absolute atomic E-state index is 11.9. The smallest absolute Gasteiger partial charge is 0.336 e. The van der Waals surface area contributed by atoms with E-state index in [9.17, 15) is 18.3 Å². The van der Waals surface area contributed by atoms with Crippen molar-refractivity contribution in [2.75, 3.05) is 11.5 Å². The number of rotatable bonds is 3. The van der Waals surface area contributed by atoms with Crippen molar-refractivity contribution in [3.63, 3.8) is 0 Å². The van der Waals surface area contributed by atoms with Crippen LogP contribution in [0.25, 0.3) is 22.3 Å². The highest BCUT2D eigenvalue weighted by Gasteiger charge is 2.32. The number of benzene rings is 1. The number of nitrogens with zero attached hydrogens (tertiary/aromatic N) is 3. The molecule has 7 nitrogen and oxygen atoms in total. The number of pyridine rings is 1. The number of fused-ring (bicyclic) bond motifs is 1. The molecule has 1 aromatic carbocycles. The van der Waals surface area contributed by atoms with E-state index in [4.69, 9.17) is 0 Å². The number of sulfone groups is 1. The molecule has 0 amide bonds. The molecule has 4 rings (SSSR count). The summed E-state index contributed by atoms with van der Waals surface area (Å²) < 4.78 is 25.4. The van der Waals surface area contributed by atoms with Crippen molar-refractivity contribution >= 4 is 26.8 Å². The van der Waals surface area contributed by atoms with Gasteiger partial charge in [0.15, 0.2) is 15.5 Å². The van der Waals surface area contributed by atoms with E-state index in [2.05, 4.69) is 10.1 Å². The van der Waals surface area contributed by atoms with Crippen molar-refractivity contribution in [3.8, 4) is 11.3 Å². The van der Waals surface area contributed by atoms with Gasteiger partial charge in [0.05, 0.1) is 39.9 Å². The summed E-state index contributed by atoms with van der Waals surface area (Å²) in [5.74, 6) is -0.943. The molecule has 1 unspecified atom stereocenters. The maximum Gasteiger partial charge on any atom is 0.336 e. The Balaban J connectivity index is 1.96. The van der Waals surface area contributed by atoms with Gasteiger partial charge >= 0.3 is 5.97 Å². The zero-order chi connectivity index (χ0) is 19.3. The van der Waals surface area contributed by atoms with Crippen LogP contribution in [-0.4, -0.2) is 45.8 Å². The second-order valence-electron chi connectivity index (χ2n) is 7.01. The van der Waals surface area contributed by atoms with Gasteiger partial charge in [-0.25, -0.2) is 22.9 Å². The molecule has 0 spiro atoms. The fraction of sp³-hybridized carbons (Fsp3) is 0.316. The Labute approximate surface area is 156 Å². The van der Waals surface area contributed by atoms with E-state index in [0.29, 0.717) is 28.8 Å². The molecule has 2 aromatic heterocycles. The first-order chi connectivity index (χ1) is 12.7. The number of hydrogen-bond donors (Lipinski definition) is 1. The Hall–Kier alpha value is -2.74. The number of carboxylic acids is 1. The molecule has 140 valence electrons. The first-order valence-electron chi connectivity index (χ1n) is 8.66. The minimum absolute atomic E-state index is 0.00205. The Morgan fingerprint density at radius 3 is 2.52 bits per heavy atom. The quantitative estimate of drug-likeness (QED) is 0.744. The van der Waals surface area contributed by atoms with Crippen molar-refractivity contribution < 1.29 is 18.3 Å². The largest absolute Gasteiger partial charge is 0.478 e. The summed E-state index contributed by atoms with van der Waals surface area (Å²) in [5.41, 5.74) is 3.51. The standard InChI is InChI=1S/C19H19N3O4S/c1-11-3-5-13(6-4-11)16-9-15(19(23)24)17-12(2)21-22(18(17)20-16)14-7-8-27(25,26)10-14/h3-6,9,14H,7-8,10H2,1-2H3,(H,23,24). The van der Waals surface area contributed by atoms with Crippen molar-refractivity contribution in [2.24, 2.45) is 0 Å². The molecular weight excluding hydrogens is 366 g/mol. The van der Waals surface area contributed by atoms with E-state index >= 15 is 0 Å². The molecule has 3 heterocycles. The molecule has 3 aromatic rings. The topological polar surface area (TPSA) is 102 Å². The van der Waals surface area contributed by atoms with Crippen molar-refractivity contribution in [3.05, 3.63) is 47.2 Å². The van der Waals surface area contributed by atoms with Gasteiger partial charge < -0.3 is 5.11 Å². The van der Waals surface area contributed by atoms with Crippen LogP contribution in [0.4, 0.5) is 0 Å². The van der Waals surface area contributed by atoms with Gasteiger partial charge in [0, 0.05) is 5.56 Å². The summed E-state index contributed by atoms with van der Waals surface area (Å²) >= 11 is 0. The monoisotopic (exact) mass is 385 g/mol. The van der Waals surface area contributed by atoms with Crippen LogP contribution in [0.15, 0.2) is 30.3 Å². The number of aryl methyl sites for hydroxylation is 2. The third-order valence-corrected chi connectivity index (χ3v) is 6.72. The lowest BCUT2D eigenvalue weighted by molar-refractivity contribution is 0.0699. The van der Waals surface area contributed by atoms with Crippen molar-refractivity contribution in [1.29, 1.82) is 0 Å². The summed E-state index contributed by atoms with van der Waals surface area (Å²) in [6.07, 6.45) is 0.456. The van der Waals surface area contributed by atoms with E-state index in [-0.39, 0.29) is 23.1 Å². The van der Waals surface area contributed by atoms with Gasteiger partial charge in [0.25, 0.3) is 0 Å². The Kier molecular flexibility index (Phi) is 4.03. The van der Waals surface area contributed by atoms with Gasteiger partial charge in [-0.3, -0.25) is 0 Å². The van der Waals surface area contributed by atoms with Gasteiger partial charge in [-0.2, -0.15) is 5.10 Å². The summed E-state index contributed by atoms with van der Waals surface area (Å²) in [4.78, 5) is 16.6. The lowest BCUT2D eigenvalue weighted by Gasteiger charge is -2.11. The minimum atomic E-state index is -3.10. The predicted octanol–water partition coefficient (Wildman–Crippen LogP) is 2.77. The van der Waals surface area contributed by atoms with Crippen LogP contribution in [0.5, 0.6) is 0 Å². The fourth-order valence-corrected chi connectivity index (χ4v) is 5.27. The first kappa shape index (κ1) is 17.7. The zero-order valence-corrected chi connectivity index (χ0v) is 15.8. The minimum Gasteiger partial charge on any atom is -0.478 e. The fourth-order valence-electron chi connectivity index (χ4n) is 3.58. The maximum atomic E-state index is 11.9. The number of aromatic carboxylic acids is 1. The number of carboxylic acid groups (broad SMARTS) is 1. The molecule has 1 aliphatic rings. The SMILES string of the molecule is Cc1ccc(-c2cc(C(=O)O)c3c(C)nn(C4CCS(=O)(=O)C4)c3n2)cc1. The van der Waals surface area contributed by atoms with Gasteiger partial charge in [-0.1, -0.05) is 29.8 Å². The zero-order valence-electron chi connectivity index (χ0n) is 15.0. The van der Waals surface area contributed by atoms with Crippen LogP contribution in [0.2, 0.25) is 0 Å². The van der Waals surface area contributed by atoms with Crippen LogP contribution in [0.1, 0.15) is 34.1 Å². The number of carbonyl (C=O) groups is 1. The highest BCUT2D eigenvalue weighted by Crippen LogP contribution is 2.32. The highest BCUT2D eigenvalue weighted by molar-refractivity contribution is 7.91. The molecule has 0 bridgehead atoms. The van der Waals surface area contributed by atoms with E-state index < -0.39 is 15.8 Å². The Morgan fingerprint density at radius 1 is 1.22 bits per heavy atom. The molecule has 0 saturated carbocycles. The van der Waals surface area contributed by atoms with Crippen molar-refractivity contribution in [2.45, 2.75) is 26.3 Å². The molecule has 1 atom stereocenters. The molecule has 27 heavy (non-hydrogen) atoms. The molecular formula is C19H19N3O4S. The van der Waals surface area contributed by atoms with Crippen LogP contribution in [0.3, 0.4) is 0 Å². The molecule has 8 heteroatoms. The normalized spacial score (nSPS) is 18.8. The lowest BCUT2D eigenvalue weighted by Crippen LogP contribution is -2.13. The Morgan fingerprint density at radius 2 is 1.93 bits per heavy atom. The second kappa shape index (κ2) is 6.16. The van der Waals surface area contributed by atoms with Crippen LogP contribution >= 0.6 is 0 Å². The van der Waals surface area contributed by atoms with Gasteiger partial charge in [0.2, 0.25) is 0 Å². The summed E-state index contributed by atoms with van der Waals surface area (Å²) in [5, 5.41) is 14.6. The van der Waals surface area contributed by atoms with Crippen molar-refractivity contribution in [1.82, 2.24) is 14.8 Å². The van der Waals surface area contributed by atoms with E-state index in [0.717, 1.165) is 11.1 Å². The summed E-state index contributed by atoms with van der Waals surface area (Å²) in [6, 6.07) is 8.89. The average molecular weight is 385 g/mol. The van der Waals surface area contributed by atoms with Gasteiger partial charge in [-0.05, 0) is 26.3 Å². The summed E-state index contributed by atoms with van der Waals surface area (Å²) in [7, 11) is -3.10. The molecule has 1 N–H and O–H groups in total. The molecule has 1 fully saturated rings. The molecule has 1 aliphatic heterocycles. The number of hydrogen-bond acceptors (Lipinski definition) is 5. The summed E-state index contributed by atoms with van der Waals surface area (Å²) in [6.45, 7) is 3.70. The van der Waals surface area contributed by atoms with E-state index in [1.165, 1.54) is 0 Å².